The molecule has 188 valence electrons. The summed E-state index contributed by atoms with van der Waals surface area (Å²) >= 11 is 0. The fourth-order valence-electron chi connectivity index (χ4n) is 6.53. The number of nitrogens with one attached hydrogen (secondary N) is 1. The molecule has 0 radical (unpaired) electrons. The van der Waals surface area contributed by atoms with Crippen LogP contribution in [0.1, 0.15) is 61.2 Å². The molecule has 2 aromatic carbocycles. The van der Waals surface area contributed by atoms with Crippen LogP contribution in [0, 0.1) is 11.3 Å². The number of piperidine rings is 1. The van der Waals surface area contributed by atoms with E-state index in [0.29, 0.717) is 31.8 Å². The smallest absolute Gasteiger partial charge is 0.303 e. The van der Waals surface area contributed by atoms with E-state index in [1.54, 1.807) is 0 Å². The fraction of sp³-hybridized carbons (Fsp3) is 0.464. The molecule has 6 rings (SSSR count). The number of nitrogens with zero attached hydrogens (tertiary/aromatic N) is 2. The SMILES string of the molecule is C[C@]1(CCC(=O)O)Oc2ccccc2[C@@H]2OC[C@]3(CCCN(C(=O)c4n[nH]c5ccccc45)C3)C[C@H]21. The van der Waals surface area contributed by atoms with Gasteiger partial charge in [-0.05, 0) is 44.7 Å². The third kappa shape index (κ3) is 3.84. The van der Waals surface area contributed by atoms with Crippen LogP contribution in [0.15, 0.2) is 48.5 Å². The monoisotopic (exact) mass is 489 g/mol. The van der Waals surface area contributed by atoms with Gasteiger partial charge in [-0.25, -0.2) is 0 Å². The molecule has 2 N–H and O–H groups in total. The van der Waals surface area contributed by atoms with Gasteiger partial charge in [0, 0.05) is 41.8 Å². The van der Waals surface area contributed by atoms with Crippen molar-refractivity contribution in [2.24, 2.45) is 11.3 Å². The number of likely N-dealkylation sites (tertiary alicyclic amines) is 1. The number of hydrogen-bond acceptors (Lipinski definition) is 5. The second-order valence-electron chi connectivity index (χ2n) is 10.8. The van der Waals surface area contributed by atoms with Gasteiger partial charge in [-0.2, -0.15) is 5.10 Å². The van der Waals surface area contributed by atoms with Crippen molar-refractivity contribution < 1.29 is 24.2 Å². The fourth-order valence-corrected chi connectivity index (χ4v) is 6.53. The first-order chi connectivity index (χ1) is 17.4. The zero-order valence-corrected chi connectivity index (χ0v) is 20.4. The average Bonchev–Trinajstić information content (AvgIpc) is 3.32. The number of amides is 1. The summed E-state index contributed by atoms with van der Waals surface area (Å²) in [5, 5.41) is 17.6. The van der Waals surface area contributed by atoms with Gasteiger partial charge in [0.1, 0.15) is 11.4 Å². The van der Waals surface area contributed by atoms with E-state index in [-0.39, 0.29) is 29.8 Å². The van der Waals surface area contributed by atoms with E-state index < -0.39 is 11.6 Å². The summed E-state index contributed by atoms with van der Waals surface area (Å²) in [5.74, 6) is -0.134. The Morgan fingerprint density at radius 1 is 1.19 bits per heavy atom. The number of fused-ring (bicyclic) bond motifs is 4. The van der Waals surface area contributed by atoms with E-state index in [1.807, 2.05) is 60.4 Å². The van der Waals surface area contributed by atoms with Crippen LogP contribution in [-0.2, 0) is 9.53 Å². The first-order valence-corrected chi connectivity index (χ1v) is 12.7. The molecule has 8 heteroatoms. The van der Waals surface area contributed by atoms with Gasteiger partial charge < -0.3 is 19.5 Å². The van der Waals surface area contributed by atoms with Crippen LogP contribution in [-0.4, -0.2) is 57.4 Å². The van der Waals surface area contributed by atoms with Gasteiger partial charge in [0.2, 0.25) is 0 Å². The van der Waals surface area contributed by atoms with Crippen LogP contribution >= 0.6 is 0 Å². The second kappa shape index (κ2) is 8.62. The van der Waals surface area contributed by atoms with Gasteiger partial charge in [-0.3, -0.25) is 14.7 Å². The number of H-pyrrole nitrogens is 1. The molecule has 0 unspecified atom stereocenters. The number of aliphatic carboxylic acids is 1. The lowest BCUT2D eigenvalue weighted by Gasteiger charge is -2.55. The van der Waals surface area contributed by atoms with Crippen molar-refractivity contribution in [2.75, 3.05) is 19.7 Å². The quantitative estimate of drug-likeness (QED) is 0.556. The van der Waals surface area contributed by atoms with Gasteiger partial charge in [0.05, 0.1) is 18.2 Å². The predicted octanol–water partition coefficient (Wildman–Crippen LogP) is 4.58. The Labute approximate surface area is 209 Å². The van der Waals surface area contributed by atoms with Crippen molar-refractivity contribution >= 4 is 22.8 Å². The Bertz CT molecular complexity index is 1320. The minimum Gasteiger partial charge on any atom is -0.487 e. The number of para-hydroxylation sites is 2. The number of ether oxygens (including phenoxy) is 2. The normalized spacial score (nSPS) is 29.4. The molecule has 3 aromatic rings. The van der Waals surface area contributed by atoms with E-state index in [4.69, 9.17) is 9.47 Å². The molecule has 4 heterocycles. The Hall–Kier alpha value is -3.39. The van der Waals surface area contributed by atoms with Gasteiger partial charge >= 0.3 is 5.97 Å². The molecule has 0 bridgehead atoms. The first kappa shape index (κ1) is 23.0. The van der Waals surface area contributed by atoms with Crippen molar-refractivity contribution in [3.05, 3.63) is 59.8 Å². The molecule has 36 heavy (non-hydrogen) atoms. The van der Waals surface area contributed by atoms with Crippen LogP contribution in [0.3, 0.4) is 0 Å². The zero-order valence-electron chi connectivity index (χ0n) is 20.4. The molecule has 3 aliphatic heterocycles. The summed E-state index contributed by atoms with van der Waals surface area (Å²) in [6, 6.07) is 15.6. The lowest BCUT2D eigenvalue weighted by Crippen LogP contribution is -2.57. The predicted molar refractivity (Wildman–Crippen MR) is 133 cm³/mol. The standard InChI is InChI=1S/C28H31N3O5/c1-27(13-11-23(32)33)20-15-28(17-35-25(20)19-8-3-5-10-22(19)36-27)12-6-14-31(16-28)26(34)24-18-7-2-4-9-21(18)29-30-24/h2-5,7-10,20,25H,6,11-17H2,1H3,(H,29,30)(H,32,33)/t20-,25+,27-,28-/m1/s1. The minimum absolute atomic E-state index is 0.0123. The number of carbonyl (C=O) groups is 2. The number of carbonyl (C=O) groups excluding carboxylic acids is 1. The highest BCUT2D eigenvalue weighted by molar-refractivity contribution is 6.04. The maximum absolute atomic E-state index is 13.6. The molecular weight excluding hydrogens is 458 g/mol. The Morgan fingerprint density at radius 3 is 2.86 bits per heavy atom. The largest absolute Gasteiger partial charge is 0.487 e. The average molecular weight is 490 g/mol. The molecule has 2 fully saturated rings. The molecule has 4 atom stereocenters. The van der Waals surface area contributed by atoms with Crippen LogP contribution in [0.2, 0.25) is 0 Å². The van der Waals surface area contributed by atoms with Crippen LogP contribution < -0.4 is 4.74 Å². The number of aromatic nitrogens is 2. The molecule has 1 amide bonds. The molecule has 1 aromatic heterocycles. The Balaban J connectivity index is 1.28. The zero-order chi connectivity index (χ0) is 24.9. The molecular formula is C28H31N3O5. The number of carboxylic acid groups (broad SMARTS) is 1. The molecule has 8 nitrogen and oxygen atoms in total. The highest BCUT2D eigenvalue weighted by Gasteiger charge is 2.55. The highest BCUT2D eigenvalue weighted by Crippen LogP contribution is 2.56. The summed E-state index contributed by atoms with van der Waals surface area (Å²) in [5.41, 5.74) is 1.45. The van der Waals surface area contributed by atoms with E-state index in [0.717, 1.165) is 41.5 Å². The third-order valence-corrected chi connectivity index (χ3v) is 8.40. The van der Waals surface area contributed by atoms with E-state index in [2.05, 4.69) is 10.2 Å². The van der Waals surface area contributed by atoms with Crippen LogP contribution in [0.5, 0.6) is 5.75 Å². The van der Waals surface area contributed by atoms with Crippen LogP contribution in [0.4, 0.5) is 0 Å². The Morgan fingerprint density at radius 2 is 2.00 bits per heavy atom. The van der Waals surface area contributed by atoms with Gasteiger partial charge in [-0.15, -0.1) is 0 Å². The van der Waals surface area contributed by atoms with Crippen molar-refractivity contribution in [3.63, 3.8) is 0 Å². The van der Waals surface area contributed by atoms with E-state index in [9.17, 15) is 14.7 Å². The number of hydrogen-bond donors (Lipinski definition) is 2. The van der Waals surface area contributed by atoms with Gasteiger partial charge in [0.25, 0.3) is 5.91 Å². The Kier molecular flexibility index (Phi) is 5.52. The molecule has 1 spiro atoms. The first-order valence-electron chi connectivity index (χ1n) is 12.7. The van der Waals surface area contributed by atoms with Gasteiger partial charge in [-0.1, -0.05) is 36.4 Å². The van der Waals surface area contributed by atoms with Crippen molar-refractivity contribution in [3.8, 4) is 5.75 Å². The summed E-state index contributed by atoms with van der Waals surface area (Å²) in [6.07, 6.45) is 2.94. The maximum Gasteiger partial charge on any atom is 0.303 e. The minimum atomic E-state index is -0.831. The molecule has 2 saturated heterocycles. The van der Waals surface area contributed by atoms with Crippen molar-refractivity contribution in [1.82, 2.24) is 15.1 Å². The van der Waals surface area contributed by atoms with E-state index in [1.165, 1.54) is 0 Å². The number of benzene rings is 2. The van der Waals surface area contributed by atoms with Gasteiger partial charge in [0.15, 0.2) is 5.69 Å². The van der Waals surface area contributed by atoms with Crippen molar-refractivity contribution in [2.45, 2.75) is 50.7 Å². The van der Waals surface area contributed by atoms with Crippen LogP contribution in [0.25, 0.3) is 10.9 Å². The summed E-state index contributed by atoms with van der Waals surface area (Å²) in [4.78, 5) is 27.0. The van der Waals surface area contributed by atoms with Crippen molar-refractivity contribution in [1.29, 1.82) is 0 Å². The topological polar surface area (TPSA) is 105 Å². The number of carboxylic acids is 1. The summed E-state index contributed by atoms with van der Waals surface area (Å²) < 4.78 is 13.1. The molecule has 0 saturated carbocycles. The third-order valence-electron chi connectivity index (χ3n) is 8.40. The second-order valence-corrected chi connectivity index (χ2v) is 10.8. The number of rotatable bonds is 4. The summed E-state index contributed by atoms with van der Waals surface area (Å²) in [6.45, 7) is 3.86. The lowest BCUT2D eigenvalue weighted by atomic mass is 9.64. The maximum atomic E-state index is 13.6. The molecule has 3 aliphatic rings. The summed E-state index contributed by atoms with van der Waals surface area (Å²) in [7, 11) is 0. The molecule has 0 aliphatic carbocycles. The van der Waals surface area contributed by atoms with E-state index >= 15 is 0 Å². The highest BCUT2D eigenvalue weighted by atomic mass is 16.5. The number of aromatic amines is 1. The lowest BCUT2D eigenvalue weighted by molar-refractivity contribution is -0.181.